The molecule has 0 saturated carbocycles. The zero-order chi connectivity index (χ0) is 10.8. The van der Waals surface area contributed by atoms with E-state index < -0.39 is 6.10 Å². The predicted molar refractivity (Wildman–Crippen MR) is 63.0 cm³/mol. The second kappa shape index (κ2) is 4.76. The van der Waals surface area contributed by atoms with Crippen LogP contribution in [-0.4, -0.2) is 18.3 Å². The Morgan fingerprint density at radius 3 is 2.93 bits per heavy atom. The molecule has 15 heavy (non-hydrogen) atoms. The van der Waals surface area contributed by atoms with Crippen LogP contribution in [0.15, 0.2) is 18.2 Å². The smallest absolute Gasteiger partial charge is 0.124 e. The van der Waals surface area contributed by atoms with Gasteiger partial charge in [0.15, 0.2) is 0 Å². The van der Waals surface area contributed by atoms with Gasteiger partial charge in [-0.15, -0.1) is 0 Å². The minimum absolute atomic E-state index is 0.143. The average Bonchev–Trinajstić information content (AvgIpc) is 2.69. The van der Waals surface area contributed by atoms with Crippen molar-refractivity contribution >= 4 is 22.6 Å². The fourth-order valence-electron chi connectivity index (χ4n) is 1.80. The summed E-state index contributed by atoms with van der Waals surface area (Å²) in [6.45, 7) is 1.30. The van der Waals surface area contributed by atoms with E-state index in [0.717, 1.165) is 15.6 Å². The van der Waals surface area contributed by atoms with Crippen LogP contribution in [0.25, 0.3) is 0 Å². The van der Waals surface area contributed by atoms with Crippen LogP contribution in [-0.2, 0) is 4.74 Å². The molecule has 0 amide bonds. The number of hydrogen-bond acceptors (Lipinski definition) is 2. The van der Waals surface area contributed by atoms with Crippen LogP contribution < -0.4 is 0 Å². The Bertz CT molecular complexity index is 350. The molecule has 0 spiro atoms. The first kappa shape index (κ1) is 11.3. The van der Waals surface area contributed by atoms with Gasteiger partial charge < -0.3 is 9.84 Å². The van der Waals surface area contributed by atoms with Gasteiger partial charge in [0.1, 0.15) is 5.82 Å². The van der Waals surface area contributed by atoms with E-state index in [-0.39, 0.29) is 11.7 Å². The maximum atomic E-state index is 12.9. The van der Waals surface area contributed by atoms with Crippen LogP contribution >= 0.6 is 22.6 Å². The fourth-order valence-corrected chi connectivity index (χ4v) is 2.59. The van der Waals surface area contributed by atoms with Crippen LogP contribution in [0.1, 0.15) is 18.1 Å². The summed E-state index contributed by atoms with van der Waals surface area (Å²) >= 11 is 2.05. The van der Waals surface area contributed by atoms with Crippen LogP contribution in [0.2, 0.25) is 0 Å². The van der Waals surface area contributed by atoms with Gasteiger partial charge in [-0.05, 0) is 46.7 Å². The molecule has 2 atom stereocenters. The molecule has 2 unspecified atom stereocenters. The van der Waals surface area contributed by atoms with Gasteiger partial charge in [0, 0.05) is 16.1 Å². The zero-order valence-electron chi connectivity index (χ0n) is 8.12. The fraction of sp³-hybridized carbons (Fsp3) is 0.455. The standard InChI is InChI=1S/C11H12FIO2/c12-8-1-2-9(10(13)5-8)11(14)7-3-4-15-6-7/h1-2,5,7,11,14H,3-4,6H2. The third-order valence-corrected chi connectivity index (χ3v) is 3.63. The van der Waals surface area contributed by atoms with Crippen LogP contribution in [0.3, 0.4) is 0 Å². The maximum Gasteiger partial charge on any atom is 0.124 e. The predicted octanol–water partition coefficient (Wildman–Crippen LogP) is 2.50. The maximum absolute atomic E-state index is 12.9. The highest BCUT2D eigenvalue weighted by Gasteiger charge is 2.26. The Labute approximate surface area is 102 Å². The van der Waals surface area contributed by atoms with Crippen molar-refractivity contribution in [3.63, 3.8) is 0 Å². The van der Waals surface area contributed by atoms with Gasteiger partial charge >= 0.3 is 0 Å². The summed E-state index contributed by atoms with van der Waals surface area (Å²) in [5.74, 6) is -0.123. The van der Waals surface area contributed by atoms with Gasteiger partial charge in [0.25, 0.3) is 0 Å². The SMILES string of the molecule is OC(c1ccc(F)cc1I)C1CCOC1. The van der Waals surface area contributed by atoms with E-state index in [0.29, 0.717) is 13.2 Å². The Hall–Kier alpha value is -0.200. The Morgan fingerprint density at radius 1 is 1.53 bits per heavy atom. The number of aliphatic hydroxyl groups excluding tert-OH is 1. The van der Waals surface area contributed by atoms with E-state index in [1.807, 2.05) is 22.6 Å². The lowest BCUT2D eigenvalue weighted by Crippen LogP contribution is -2.13. The molecule has 1 saturated heterocycles. The lowest BCUT2D eigenvalue weighted by atomic mass is 9.95. The molecule has 1 aromatic rings. The molecule has 1 aliphatic rings. The van der Waals surface area contributed by atoms with Crippen LogP contribution in [0.5, 0.6) is 0 Å². The lowest BCUT2D eigenvalue weighted by molar-refractivity contribution is 0.0911. The summed E-state index contributed by atoms with van der Waals surface area (Å²) in [5.41, 5.74) is 0.799. The third-order valence-electron chi connectivity index (χ3n) is 2.69. The molecule has 2 nitrogen and oxygen atoms in total. The van der Waals surface area contributed by atoms with E-state index in [9.17, 15) is 9.50 Å². The molecule has 1 aliphatic heterocycles. The molecule has 1 fully saturated rings. The molecule has 0 aliphatic carbocycles. The van der Waals surface area contributed by atoms with Gasteiger partial charge in [-0.2, -0.15) is 0 Å². The van der Waals surface area contributed by atoms with Crippen molar-refractivity contribution in [1.82, 2.24) is 0 Å². The molecule has 1 heterocycles. The number of aliphatic hydroxyl groups is 1. The van der Waals surface area contributed by atoms with Crippen molar-refractivity contribution < 1.29 is 14.2 Å². The largest absolute Gasteiger partial charge is 0.388 e. The number of hydrogen-bond donors (Lipinski definition) is 1. The normalized spacial score (nSPS) is 23.0. The molecule has 4 heteroatoms. The summed E-state index contributed by atoms with van der Waals surface area (Å²) in [4.78, 5) is 0. The van der Waals surface area contributed by atoms with Crippen molar-refractivity contribution in [1.29, 1.82) is 0 Å². The number of benzene rings is 1. The summed E-state index contributed by atoms with van der Waals surface area (Å²) < 4.78 is 18.9. The number of halogens is 2. The summed E-state index contributed by atoms with van der Waals surface area (Å²) in [5, 5.41) is 10.1. The zero-order valence-corrected chi connectivity index (χ0v) is 10.3. The first-order chi connectivity index (χ1) is 7.18. The topological polar surface area (TPSA) is 29.5 Å². The molecule has 2 rings (SSSR count). The second-order valence-corrected chi connectivity index (χ2v) is 4.90. The van der Waals surface area contributed by atoms with Gasteiger partial charge in [0.05, 0.1) is 12.7 Å². The molecule has 0 bridgehead atoms. The molecule has 0 radical (unpaired) electrons. The summed E-state index contributed by atoms with van der Waals surface area (Å²) in [7, 11) is 0. The first-order valence-corrected chi connectivity index (χ1v) is 5.97. The monoisotopic (exact) mass is 322 g/mol. The van der Waals surface area contributed by atoms with Crippen molar-refractivity contribution in [3.8, 4) is 0 Å². The van der Waals surface area contributed by atoms with Crippen LogP contribution in [0, 0.1) is 15.3 Å². The van der Waals surface area contributed by atoms with E-state index in [1.165, 1.54) is 12.1 Å². The van der Waals surface area contributed by atoms with E-state index in [4.69, 9.17) is 4.74 Å². The van der Waals surface area contributed by atoms with Gasteiger partial charge in [-0.3, -0.25) is 0 Å². The van der Waals surface area contributed by atoms with E-state index in [2.05, 4.69) is 0 Å². The van der Waals surface area contributed by atoms with Gasteiger partial charge in [-0.1, -0.05) is 6.07 Å². The minimum Gasteiger partial charge on any atom is -0.388 e. The summed E-state index contributed by atoms with van der Waals surface area (Å²) in [6.07, 6.45) is 0.328. The Morgan fingerprint density at radius 2 is 2.33 bits per heavy atom. The molecule has 82 valence electrons. The van der Waals surface area contributed by atoms with Gasteiger partial charge in [0.2, 0.25) is 0 Å². The number of ether oxygens (including phenoxy) is 1. The van der Waals surface area contributed by atoms with E-state index >= 15 is 0 Å². The Balaban J connectivity index is 2.20. The van der Waals surface area contributed by atoms with Crippen LogP contribution in [0.4, 0.5) is 4.39 Å². The van der Waals surface area contributed by atoms with Crippen molar-refractivity contribution in [3.05, 3.63) is 33.1 Å². The first-order valence-electron chi connectivity index (χ1n) is 4.89. The van der Waals surface area contributed by atoms with Crippen molar-refractivity contribution in [2.24, 2.45) is 5.92 Å². The van der Waals surface area contributed by atoms with Crippen molar-refractivity contribution in [2.45, 2.75) is 12.5 Å². The summed E-state index contributed by atoms with van der Waals surface area (Å²) in [6, 6.07) is 4.48. The van der Waals surface area contributed by atoms with Crippen molar-refractivity contribution in [2.75, 3.05) is 13.2 Å². The quantitative estimate of drug-likeness (QED) is 0.848. The molecular weight excluding hydrogens is 310 g/mol. The molecular formula is C11H12FIO2. The second-order valence-electron chi connectivity index (χ2n) is 3.73. The third kappa shape index (κ3) is 2.49. The molecule has 0 aromatic heterocycles. The highest BCUT2D eigenvalue weighted by molar-refractivity contribution is 14.1. The Kier molecular flexibility index (Phi) is 3.58. The lowest BCUT2D eigenvalue weighted by Gasteiger charge is -2.18. The van der Waals surface area contributed by atoms with Gasteiger partial charge in [-0.25, -0.2) is 4.39 Å². The van der Waals surface area contributed by atoms with E-state index in [1.54, 1.807) is 6.07 Å². The average molecular weight is 322 g/mol. The highest BCUT2D eigenvalue weighted by Crippen LogP contribution is 2.31. The molecule has 1 N–H and O–H groups in total. The highest BCUT2D eigenvalue weighted by atomic mass is 127. The molecule has 1 aromatic carbocycles. The minimum atomic E-state index is -0.542. The number of rotatable bonds is 2.